The van der Waals surface area contributed by atoms with E-state index < -0.39 is 23.8 Å². The van der Waals surface area contributed by atoms with Crippen molar-refractivity contribution >= 4 is 17.9 Å². The van der Waals surface area contributed by atoms with Crippen molar-refractivity contribution in [1.82, 2.24) is 15.5 Å². The zero-order valence-electron chi connectivity index (χ0n) is 22.0. The maximum absolute atomic E-state index is 13.8. The Bertz CT molecular complexity index is 959. The first-order valence-electron chi connectivity index (χ1n) is 13.3. The predicted octanol–water partition coefficient (Wildman–Crippen LogP) is 3.88. The van der Waals surface area contributed by atoms with E-state index >= 15 is 0 Å². The number of alkyl carbamates (subject to hydrolysis) is 1. The van der Waals surface area contributed by atoms with E-state index in [-0.39, 0.29) is 29.8 Å². The molecule has 5 atom stereocenters. The van der Waals surface area contributed by atoms with Crippen molar-refractivity contribution < 1.29 is 23.9 Å². The molecule has 2 heterocycles. The highest BCUT2D eigenvalue weighted by Gasteiger charge is 2.46. The molecule has 2 fully saturated rings. The van der Waals surface area contributed by atoms with Gasteiger partial charge in [-0.05, 0) is 89.2 Å². The first kappa shape index (κ1) is 26.5. The summed E-state index contributed by atoms with van der Waals surface area (Å²) in [5.74, 6) is -0.0403. The van der Waals surface area contributed by atoms with Crippen LogP contribution < -0.4 is 10.6 Å². The molecule has 1 aromatic rings. The van der Waals surface area contributed by atoms with Gasteiger partial charge in [0.05, 0.1) is 6.04 Å². The predicted molar refractivity (Wildman–Crippen MR) is 136 cm³/mol. The Morgan fingerprint density at radius 3 is 2.56 bits per heavy atom. The van der Waals surface area contributed by atoms with Crippen LogP contribution in [0.3, 0.4) is 0 Å². The Kier molecular flexibility index (Phi) is 8.23. The van der Waals surface area contributed by atoms with Gasteiger partial charge < -0.3 is 25.0 Å². The molecule has 1 aliphatic carbocycles. The van der Waals surface area contributed by atoms with Crippen LogP contribution in [0.4, 0.5) is 4.79 Å². The Morgan fingerprint density at radius 2 is 1.81 bits per heavy atom. The van der Waals surface area contributed by atoms with Crippen LogP contribution in [0, 0.1) is 5.92 Å². The van der Waals surface area contributed by atoms with E-state index in [1.807, 2.05) is 12.1 Å². The Hall–Kier alpha value is -2.61. The quantitative estimate of drug-likeness (QED) is 0.641. The summed E-state index contributed by atoms with van der Waals surface area (Å²) in [7, 11) is 1.69. The average molecular weight is 500 g/mol. The molecule has 198 valence electrons. The van der Waals surface area contributed by atoms with Crippen LogP contribution >= 0.6 is 0 Å². The average Bonchev–Trinajstić information content (AvgIpc) is 3.23. The molecule has 2 saturated heterocycles. The number of nitrogens with one attached hydrogen (secondary N) is 2. The number of fused-ring (bicyclic) bond motifs is 2. The molecule has 8 nitrogen and oxygen atoms in total. The standard InChI is InChI=1S/C28H41N3O5/c1-28(2,3)36-27(34)30-23-14-12-18(17-35-4)16-20-13-15-24(31(20)26(23)33)25(32)29-22-11-7-9-19-8-5-6-10-21(19)22/h5-6,8,10,18,20,22-24H,7,9,11-17H2,1-4H3,(H,29,32)(H,30,34)/t18?,20-,22-,23+,24+/m1/s1. The molecule has 0 aromatic heterocycles. The summed E-state index contributed by atoms with van der Waals surface area (Å²) in [6.45, 7) is 5.97. The van der Waals surface area contributed by atoms with Crippen molar-refractivity contribution in [3.05, 3.63) is 35.4 Å². The van der Waals surface area contributed by atoms with Crippen LogP contribution in [0.25, 0.3) is 0 Å². The molecule has 3 amide bonds. The molecular formula is C28H41N3O5. The van der Waals surface area contributed by atoms with Crippen molar-refractivity contribution in [2.24, 2.45) is 5.92 Å². The third-order valence-electron chi connectivity index (χ3n) is 7.61. The smallest absolute Gasteiger partial charge is 0.408 e. The minimum absolute atomic E-state index is 0.0386. The van der Waals surface area contributed by atoms with E-state index in [9.17, 15) is 14.4 Å². The molecular weight excluding hydrogens is 458 g/mol. The normalized spacial score (nSPS) is 28.4. The van der Waals surface area contributed by atoms with Crippen molar-refractivity contribution in [2.45, 2.75) is 102 Å². The lowest BCUT2D eigenvalue weighted by atomic mass is 9.87. The van der Waals surface area contributed by atoms with Gasteiger partial charge in [-0.2, -0.15) is 0 Å². The van der Waals surface area contributed by atoms with Crippen molar-refractivity contribution in [3.63, 3.8) is 0 Å². The fourth-order valence-corrected chi connectivity index (χ4v) is 6.06. The lowest BCUT2D eigenvalue weighted by Gasteiger charge is -2.38. The molecule has 0 radical (unpaired) electrons. The van der Waals surface area contributed by atoms with Gasteiger partial charge in [-0.15, -0.1) is 0 Å². The highest BCUT2D eigenvalue weighted by Crippen LogP contribution is 2.35. The van der Waals surface area contributed by atoms with E-state index in [1.165, 1.54) is 11.1 Å². The fourth-order valence-electron chi connectivity index (χ4n) is 6.06. The van der Waals surface area contributed by atoms with Gasteiger partial charge in [0, 0.05) is 19.8 Å². The van der Waals surface area contributed by atoms with Crippen LogP contribution in [-0.4, -0.2) is 60.3 Å². The third-order valence-corrected chi connectivity index (χ3v) is 7.61. The number of hydrogen-bond donors (Lipinski definition) is 2. The third kappa shape index (κ3) is 6.20. The highest BCUT2D eigenvalue weighted by atomic mass is 16.6. The van der Waals surface area contributed by atoms with E-state index in [1.54, 1.807) is 32.8 Å². The monoisotopic (exact) mass is 499 g/mol. The summed E-state index contributed by atoms with van der Waals surface area (Å²) in [6, 6.07) is 6.92. The maximum atomic E-state index is 13.8. The Balaban J connectivity index is 1.52. The number of hydrogen-bond acceptors (Lipinski definition) is 5. The summed E-state index contributed by atoms with van der Waals surface area (Å²) in [4.78, 5) is 41.7. The molecule has 0 bridgehead atoms. The molecule has 4 rings (SSSR count). The number of carbonyl (C=O) groups excluding carboxylic acids is 3. The van der Waals surface area contributed by atoms with E-state index in [4.69, 9.17) is 9.47 Å². The van der Waals surface area contributed by atoms with E-state index in [2.05, 4.69) is 22.8 Å². The summed E-state index contributed by atoms with van der Waals surface area (Å²) in [6.07, 6.45) is 5.77. The molecule has 0 spiro atoms. The molecule has 2 N–H and O–H groups in total. The summed E-state index contributed by atoms with van der Waals surface area (Å²) in [5.41, 5.74) is 1.79. The second-order valence-electron chi connectivity index (χ2n) is 11.5. The second-order valence-corrected chi connectivity index (χ2v) is 11.5. The number of carbonyl (C=O) groups is 3. The minimum Gasteiger partial charge on any atom is -0.444 e. The van der Waals surface area contributed by atoms with Gasteiger partial charge in [-0.25, -0.2) is 4.79 Å². The van der Waals surface area contributed by atoms with Gasteiger partial charge >= 0.3 is 6.09 Å². The van der Waals surface area contributed by atoms with Crippen molar-refractivity contribution in [1.29, 1.82) is 0 Å². The molecule has 0 saturated carbocycles. The lowest BCUT2D eigenvalue weighted by molar-refractivity contribution is -0.143. The lowest BCUT2D eigenvalue weighted by Crippen LogP contribution is -2.57. The summed E-state index contributed by atoms with van der Waals surface area (Å²) < 4.78 is 10.9. The van der Waals surface area contributed by atoms with Crippen molar-refractivity contribution in [3.8, 4) is 0 Å². The van der Waals surface area contributed by atoms with Crippen LogP contribution in [0.5, 0.6) is 0 Å². The number of rotatable bonds is 5. The van der Waals surface area contributed by atoms with Crippen LogP contribution in [-0.2, 0) is 25.5 Å². The van der Waals surface area contributed by atoms with Gasteiger partial charge in [0.1, 0.15) is 17.7 Å². The minimum atomic E-state index is -0.731. The van der Waals surface area contributed by atoms with Gasteiger partial charge in [-0.1, -0.05) is 24.3 Å². The van der Waals surface area contributed by atoms with Gasteiger partial charge in [0.15, 0.2) is 0 Å². The number of aryl methyl sites for hydroxylation is 1. The largest absolute Gasteiger partial charge is 0.444 e. The maximum Gasteiger partial charge on any atom is 0.408 e. The fraction of sp³-hybridized carbons (Fsp3) is 0.679. The highest BCUT2D eigenvalue weighted by molar-refractivity contribution is 5.92. The SMILES string of the molecule is COCC1CC[C@H](NC(=O)OC(C)(C)C)C(=O)N2[C@H](CC[C@H]2C(=O)N[C@@H]2CCCc3ccccc32)C1. The topological polar surface area (TPSA) is 97.0 Å². The van der Waals surface area contributed by atoms with E-state index in [0.717, 1.165) is 38.5 Å². The Labute approximate surface area is 214 Å². The first-order chi connectivity index (χ1) is 17.2. The number of ether oxygens (including phenoxy) is 2. The molecule has 36 heavy (non-hydrogen) atoms. The van der Waals surface area contributed by atoms with E-state index in [0.29, 0.717) is 19.4 Å². The Morgan fingerprint density at radius 1 is 1.03 bits per heavy atom. The zero-order valence-corrected chi connectivity index (χ0v) is 22.0. The van der Waals surface area contributed by atoms with Crippen LogP contribution in [0.2, 0.25) is 0 Å². The number of benzene rings is 1. The van der Waals surface area contributed by atoms with Crippen LogP contribution in [0.1, 0.15) is 82.9 Å². The molecule has 1 unspecified atom stereocenters. The molecule has 1 aromatic carbocycles. The number of amides is 3. The van der Waals surface area contributed by atoms with Crippen molar-refractivity contribution in [2.75, 3.05) is 13.7 Å². The zero-order chi connectivity index (χ0) is 25.9. The first-order valence-corrected chi connectivity index (χ1v) is 13.3. The number of nitrogens with zero attached hydrogens (tertiary/aromatic N) is 1. The molecule has 2 aliphatic heterocycles. The summed E-state index contributed by atoms with van der Waals surface area (Å²) >= 11 is 0. The number of methoxy groups -OCH3 is 1. The second kappa shape index (κ2) is 11.2. The molecule has 8 heteroatoms. The summed E-state index contributed by atoms with van der Waals surface area (Å²) in [5, 5.41) is 6.06. The van der Waals surface area contributed by atoms with Crippen LogP contribution in [0.15, 0.2) is 24.3 Å². The van der Waals surface area contributed by atoms with Gasteiger partial charge in [0.2, 0.25) is 11.8 Å². The molecule has 3 aliphatic rings. The van der Waals surface area contributed by atoms with Gasteiger partial charge in [-0.3, -0.25) is 9.59 Å². The van der Waals surface area contributed by atoms with Gasteiger partial charge in [0.25, 0.3) is 0 Å².